The van der Waals surface area contributed by atoms with Crippen LogP contribution in [0.4, 0.5) is 5.69 Å². The van der Waals surface area contributed by atoms with E-state index in [1.165, 1.54) is 0 Å². The monoisotopic (exact) mass is 316 g/mol. The molecule has 0 spiro atoms. The quantitative estimate of drug-likeness (QED) is 0.907. The van der Waals surface area contributed by atoms with Crippen molar-refractivity contribution < 1.29 is 19.1 Å². The van der Waals surface area contributed by atoms with Crippen LogP contribution >= 0.6 is 0 Å². The highest BCUT2D eigenvalue weighted by Gasteiger charge is 2.41. The van der Waals surface area contributed by atoms with E-state index in [9.17, 15) is 9.59 Å². The summed E-state index contributed by atoms with van der Waals surface area (Å²) < 4.78 is 5.72. The molecule has 6 nitrogen and oxygen atoms in total. The lowest BCUT2D eigenvalue weighted by atomic mass is 9.73. The third-order valence-electron chi connectivity index (χ3n) is 4.23. The Balaban J connectivity index is 1.78. The standard InChI is InChI=1S/C17H20N2O4/c1-17(2,3)16-19-12-8-9(4-7-13(12)23-16)18-14(20)10-5-6-11(10)15(21)22/h4,7-8,10-11H,5-6H2,1-3H3,(H,18,20)(H,21,22). The molecule has 0 saturated heterocycles. The number of carbonyl (C=O) groups is 2. The first-order valence-corrected chi connectivity index (χ1v) is 7.70. The SMILES string of the molecule is CC(C)(C)c1nc2cc(NC(=O)C3CCC3C(=O)O)ccc2o1. The van der Waals surface area contributed by atoms with Crippen molar-refractivity contribution in [3.05, 3.63) is 24.1 Å². The van der Waals surface area contributed by atoms with Crippen molar-refractivity contribution in [2.24, 2.45) is 11.8 Å². The summed E-state index contributed by atoms with van der Waals surface area (Å²) >= 11 is 0. The summed E-state index contributed by atoms with van der Waals surface area (Å²) in [7, 11) is 0. The maximum Gasteiger partial charge on any atom is 0.307 e. The molecule has 1 aromatic heterocycles. The molecule has 2 atom stereocenters. The predicted molar refractivity (Wildman–Crippen MR) is 85.2 cm³/mol. The molecular formula is C17H20N2O4. The minimum absolute atomic E-state index is 0.191. The lowest BCUT2D eigenvalue weighted by molar-refractivity contribution is -0.151. The minimum Gasteiger partial charge on any atom is -0.481 e. The number of anilines is 1. The molecule has 1 aliphatic rings. The third-order valence-corrected chi connectivity index (χ3v) is 4.23. The number of nitrogens with zero attached hydrogens (tertiary/aromatic N) is 1. The molecule has 1 saturated carbocycles. The molecule has 0 bridgehead atoms. The zero-order valence-corrected chi connectivity index (χ0v) is 13.4. The second kappa shape index (κ2) is 5.37. The van der Waals surface area contributed by atoms with Gasteiger partial charge in [-0.15, -0.1) is 0 Å². The fraction of sp³-hybridized carbons (Fsp3) is 0.471. The van der Waals surface area contributed by atoms with Crippen molar-refractivity contribution in [2.75, 3.05) is 5.32 Å². The summed E-state index contributed by atoms with van der Waals surface area (Å²) in [6.07, 6.45) is 1.17. The highest BCUT2D eigenvalue weighted by atomic mass is 16.4. The number of hydrogen-bond acceptors (Lipinski definition) is 4. The molecule has 1 aromatic carbocycles. The van der Waals surface area contributed by atoms with Crippen molar-refractivity contribution >= 4 is 28.7 Å². The molecule has 1 heterocycles. The van der Waals surface area contributed by atoms with Gasteiger partial charge in [0, 0.05) is 11.1 Å². The summed E-state index contributed by atoms with van der Waals surface area (Å²) in [5.74, 6) is -1.54. The van der Waals surface area contributed by atoms with Crippen LogP contribution in [0.25, 0.3) is 11.1 Å². The van der Waals surface area contributed by atoms with Gasteiger partial charge in [0.15, 0.2) is 5.58 Å². The number of hydrogen-bond donors (Lipinski definition) is 2. The van der Waals surface area contributed by atoms with E-state index in [4.69, 9.17) is 9.52 Å². The van der Waals surface area contributed by atoms with Gasteiger partial charge in [0.05, 0.1) is 11.8 Å². The van der Waals surface area contributed by atoms with Gasteiger partial charge in [-0.05, 0) is 31.0 Å². The highest BCUT2D eigenvalue weighted by Crippen LogP contribution is 2.35. The molecule has 1 aliphatic carbocycles. The molecule has 0 radical (unpaired) electrons. The van der Waals surface area contributed by atoms with E-state index < -0.39 is 17.8 Å². The molecule has 1 amide bonds. The van der Waals surface area contributed by atoms with E-state index in [1.54, 1.807) is 18.2 Å². The van der Waals surface area contributed by atoms with E-state index in [0.29, 0.717) is 35.5 Å². The van der Waals surface area contributed by atoms with E-state index in [0.717, 1.165) is 0 Å². The molecule has 23 heavy (non-hydrogen) atoms. The molecule has 2 N–H and O–H groups in total. The zero-order chi connectivity index (χ0) is 16.8. The fourth-order valence-corrected chi connectivity index (χ4v) is 2.67. The number of nitrogens with one attached hydrogen (secondary N) is 1. The number of carboxylic acids is 1. The number of benzene rings is 1. The van der Waals surface area contributed by atoms with Crippen molar-refractivity contribution in [3.8, 4) is 0 Å². The Morgan fingerprint density at radius 2 is 1.96 bits per heavy atom. The summed E-state index contributed by atoms with van der Waals surface area (Å²) in [6.45, 7) is 6.05. The van der Waals surface area contributed by atoms with Crippen LogP contribution in [0.2, 0.25) is 0 Å². The topological polar surface area (TPSA) is 92.4 Å². The van der Waals surface area contributed by atoms with E-state index in [1.807, 2.05) is 20.8 Å². The number of aliphatic carboxylic acids is 1. The van der Waals surface area contributed by atoms with Crippen LogP contribution in [-0.4, -0.2) is 22.0 Å². The zero-order valence-electron chi connectivity index (χ0n) is 13.4. The van der Waals surface area contributed by atoms with Gasteiger partial charge >= 0.3 is 5.97 Å². The van der Waals surface area contributed by atoms with E-state index in [-0.39, 0.29) is 11.3 Å². The minimum atomic E-state index is -0.904. The first-order chi connectivity index (χ1) is 10.8. The Bertz CT molecular complexity index is 772. The van der Waals surface area contributed by atoms with Crippen molar-refractivity contribution in [3.63, 3.8) is 0 Å². The molecule has 2 aromatic rings. The van der Waals surface area contributed by atoms with Crippen LogP contribution in [0, 0.1) is 11.8 Å². The average molecular weight is 316 g/mol. The smallest absolute Gasteiger partial charge is 0.307 e. The second-order valence-corrected chi connectivity index (χ2v) is 7.07. The normalized spacial score (nSPS) is 21.0. The maximum atomic E-state index is 12.2. The van der Waals surface area contributed by atoms with Gasteiger partial charge in [-0.1, -0.05) is 20.8 Å². The van der Waals surface area contributed by atoms with Gasteiger partial charge in [-0.3, -0.25) is 9.59 Å². The Morgan fingerprint density at radius 3 is 2.52 bits per heavy atom. The fourth-order valence-electron chi connectivity index (χ4n) is 2.67. The van der Waals surface area contributed by atoms with Gasteiger partial charge < -0.3 is 14.8 Å². The van der Waals surface area contributed by atoms with E-state index in [2.05, 4.69) is 10.3 Å². The lowest BCUT2D eigenvalue weighted by Crippen LogP contribution is -2.41. The summed E-state index contributed by atoms with van der Waals surface area (Å²) in [5.41, 5.74) is 1.76. The van der Waals surface area contributed by atoms with Crippen LogP contribution in [-0.2, 0) is 15.0 Å². The molecule has 2 unspecified atom stereocenters. The van der Waals surface area contributed by atoms with Crippen LogP contribution in [0.15, 0.2) is 22.6 Å². The van der Waals surface area contributed by atoms with Crippen molar-refractivity contribution in [1.82, 2.24) is 4.98 Å². The second-order valence-electron chi connectivity index (χ2n) is 7.07. The van der Waals surface area contributed by atoms with E-state index >= 15 is 0 Å². The largest absolute Gasteiger partial charge is 0.481 e. The number of aromatic nitrogens is 1. The number of rotatable bonds is 3. The lowest BCUT2D eigenvalue weighted by Gasteiger charge is -2.31. The van der Waals surface area contributed by atoms with Crippen molar-refractivity contribution in [2.45, 2.75) is 39.0 Å². The van der Waals surface area contributed by atoms with Gasteiger partial charge in [-0.2, -0.15) is 0 Å². The number of fused-ring (bicyclic) bond motifs is 1. The number of oxazole rings is 1. The Kier molecular flexibility index (Phi) is 3.62. The van der Waals surface area contributed by atoms with Gasteiger partial charge in [0.2, 0.25) is 11.8 Å². The third kappa shape index (κ3) is 2.93. The van der Waals surface area contributed by atoms with Crippen LogP contribution in [0.3, 0.4) is 0 Å². The van der Waals surface area contributed by atoms with Gasteiger partial charge in [-0.25, -0.2) is 4.98 Å². The molecule has 3 rings (SSSR count). The van der Waals surface area contributed by atoms with Gasteiger partial charge in [0.1, 0.15) is 5.52 Å². The van der Waals surface area contributed by atoms with Crippen LogP contribution in [0.1, 0.15) is 39.5 Å². The average Bonchev–Trinajstić information content (AvgIpc) is 2.79. The maximum absolute atomic E-state index is 12.2. The summed E-state index contributed by atoms with van der Waals surface area (Å²) in [4.78, 5) is 27.7. The number of carbonyl (C=O) groups excluding carboxylic acids is 1. The molecule has 1 fully saturated rings. The predicted octanol–water partition coefficient (Wildman–Crippen LogP) is 3.17. The molecule has 0 aliphatic heterocycles. The highest BCUT2D eigenvalue weighted by molar-refractivity contribution is 5.97. The number of carboxylic acid groups (broad SMARTS) is 1. The van der Waals surface area contributed by atoms with Crippen LogP contribution < -0.4 is 5.32 Å². The Labute approximate surface area is 133 Å². The first-order valence-electron chi connectivity index (χ1n) is 7.70. The van der Waals surface area contributed by atoms with Gasteiger partial charge in [0.25, 0.3) is 0 Å². The first kappa shape index (κ1) is 15.5. The molecule has 122 valence electrons. The van der Waals surface area contributed by atoms with Crippen molar-refractivity contribution in [1.29, 1.82) is 0 Å². The summed E-state index contributed by atoms with van der Waals surface area (Å²) in [5, 5.41) is 11.8. The van der Waals surface area contributed by atoms with Crippen LogP contribution in [0.5, 0.6) is 0 Å². The molecule has 6 heteroatoms. The molecular weight excluding hydrogens is 296 g/mol. The Morgan fingerprint density at radius 1 is 1.26 bits per heavy atom. The Hall–Kier alpha value is -2.37. The summed E-state index contributed by atoms with van der Waals surface area (Å²) in [6, 6.07) is 5.26. The number of amides is 1.